The molecule has 0 spiro atoms. The number of benzene rings is 1. The minimum Gasteiger partial charge on any atom is -0.378 e. The highest BCUT2D eigenvalue weighted by Crippen LogP contribution is 2.37. The topological polar surface area (TPSA) is 46.0 Å². The van der Waals surface area contributed by atoms with Crippen LogP contribution in [0.1, 0.15) is 62.0 Å². The zero-order chi connectivity index (χ0) is 22.8. The number of thioether (sulfide) groups is 1. The Morgan fingerprint density at radius 2 is 1.58 bits per heavy atom. The zero-order valence-electron chi connectivity index (χ0n) is 19.3. The van der Waals surface area contributed by atoms with Crippen LogP contribution < -0.4 is 0 Å². The number of aromatic nitrogens is 2. The Bertz CT molecular complexity index is 1100. The maximum absolute atomic E-state index is 9.99. The lowest BCUT2D eigenvalue weighted by Crippen LogP contribution is -2.14. The van der Waals surface area contributed by atoms with Crippen LogP contribution in [0.5, 0.6) is 0 Å². The van der Waals surface area contributed by atoms with Crippen molar-refractivity contribution in [1.29, 1.82) is 0 Å². The molecule has 31 heavy (non-hydrogen) atoms. The van der Waals surface area contributed by atoms with E-state index in [-0.39, 0.29) is 5.41 Å². The molecule has 0 atom stereocenters. The lowest BCUT2D eigenvalue weighted by Gasteiger charge is -2.19. The molecule has 2 aromatic heterocycles. The highest BCUT2D eigenvalue weighted by Gasteiger charge is 2.16. The van der Waals surface area contributed by atoms with Crippen molar-refractivity contribution >= 4 is 23.1 Å². The minimum absolute atomic E-state index is 0.121. The standard InChI is InChI=1S/C26H30N2OS2/c1-17-14-18(2)28-24(27-17)30-16-20-15-22(12-13-26(6,7)29)31-23(20)19-8-10-21(11-9-19)25(3,4)5/h8-11,14-15,29H,16H2,1-7H3. The first-order chi connectivity index (χ1) is 14.4. The molecule has 0 unspecified atom stereocenters. The van der Waals surface area contributed by atoms with Crippen LogP contribution in [0.15, 0.2) is 41.6 Å². The molecule has 0 fully saturated rings. The predicted molar refractivity (Wildman–Crippen MR) is 133 cm³/mol. The fraction of sp³-hybridized carbons (Fsp3) is 0.385. The van der Waals surface area contributed by atoms with Gasteiger partial charge in [-0.15, -0.1) is 11.3 Å². The maximum Gasteiger partial charge on any atom is 0.188 e. The van der Waals surface area contributed by atoms with E-state index in [2.05, 4.69) is 72.9 Å². The normalized spacial score (nSPS) is 11.9. The van der Waals surface area contributed by atoms with Gasteiger partial charge in [0.25, 0.3) is 0 Å². The number of rotatable bonds is 4. The van der Waals surface area contributed by atoms with Gasteiger partial charge in [-0.05, 0) is 61.9 Å². The van der Waals surface area contributed by atoms with Gasteiger partial charge in [0.05, 0.1) is 4.88 Å². The fourth-order valence-corrected chi connectivity index (χ4v) is 5.14. The van der Waals surface area contributed by atoms with E-state index >= 15 is 0 Å². The first-order valence-electron chi connectivity index (χ1n) is 10.3. The summed E-state index contributed by atoms with van der Waals surface area (Å²) in [5, 5.41) is 10.8. The summed E-state index contributed by atoms with van der Waals surface area (Å²) >= 11 is 3.31. The summed E-state index contributed by atoms with van der Waals surface area (Å²) in [5.74, 6) is 6.84. The molecule has 0 radical (unpaired) electrons. The second-order valence-electron chi connectivity index (χ2n) is 9.32. The SMILES string of the molecule is Cc1cc(C)nc(SCc2cc(C#CC(C)(C)O)sc2-c2ccc(C(C)(C)C)cc2)n1. The van der Waals surface area contributed by atoms with Crippen molar-refractivity contribution < 1.29 is 5.11 Å². The molecule has 5 heteroatoms. The minimum atomic E-state index is -1.01. The van der Waals surface area contributed by atoms with Gasteiger partial charge < -0.3 is 5.11 Å². The number of aliphatic hydroxyl groups is 1. The Balaban J connectivity index is 1.95. The molecule has 0 aliphatic carbocycles. The average molecular weight is 451 g/mol. The van der Waals surface area contributed by atoms with Gasteiger partial charge in [0, 0.05) is 22.0 Å². The van der Waals surface area contributed by atoms with E-state index in [0.717, 1.165) is 27.2 Å². The zero-order valence-corrected chi connectivity index (χ0v) is 21.0. The van der Waals surface area contributed by atoms with Crippen LogP contribution in [0, 0.1) is 25.7 Å². The molecule has 0 bridgehead atoms. The van der Waals surface area contributed by atoms with Crippen LogP contribution >= 0.6 is 23.1 Å². The van der Waals surface area contributed by atoms with E-state index in [1.165, 1.54) is 21.6 Å². The Hall–Kier alpha value is -2.13. The number of hydrogen-bond acceptors (Lipinski definition) is 5. The van der Waals surface area contributed by atoms with Crippen LogP contribution in [0.4, 0.5) is 0 Å². The molecule has 0 aliphatic rings. The van der Waals surface area contributed by atoms with Gasteiger partial charge in [-0.3, -0.25) is 0 Å². The fourth-order valence-electron chi connectivity index (χ4n) is 3.08. The van der Waals surface area contributed by atoms with Crippen LogP contribution in [0.3, 0.4) is 0 Å². The van der Waals surface area contributed by atoms with E-state index in [4.69, 9.17) is 0 Å². The first-order valence-corrected chi connectivity index (χ1v) is 12.2. The Morgan fingerprint density at radius 1 is 0.968 bits per heavy atom. The third-order valence-electron chi connectivity index (χ3n) is 4.63. The van der Waals surface area contributed by atoms with Gasteiger partial charge in [-0.1, -0.05) is 68.6 Å². The molecule has 0 aliphatic heterocycles. The van der Waals surface area contributed by atoms with Gasteiger partial charge in [0.1, 0.15) is 5.60 Å². The molecular formula is C26H30N2OS2. The molecule has 3 rings (SSSR count). The number of hydrogen-bond donors (Lipinski definition) is 1. The highest BCUT2D eigenvalue weighted by atomic mass is 32.2. The molecule has 1 aromatic carbocycles. The summed E-state index contributed by atoms with van der Waals surface area (Å²) in [7, 11) is 0. The molecular weight excluding hydrogens is 420 g/mol. The smallest absolute Gasteiger partial charge is 0.188 e. The van der Waals surface area contributed by atoms with E-state index < -0.39 is 5.60 Å². The van der Waals surface area contributed by atoms with E-state index in [1.54, 1.807) is 36.9 Å². The molecule has 0 amide bonds. The molecule has 2 heterocycles. The Morgan fingerprint density at radius 3 is 2.13 bits per heavy atom. The summed E-state index contributed by atoms with van der Waals surface area (Å²) in [5.41, 5.74) is 4.78. The quantitative estimate of drug-likeness (QED) is 0.279. The molecule has 1 N–H and O–H groups in total. The predicted octanol–water partition coefficient (Wildman–Crippen LogP) is 6.53. The van der Waals surface area contributed by atoms with Gasteiger partial charge in [-0.2, -0.15) is 0 Å². The first kappa shape index (κ1) is 23.5. The van der Waals surface area contributed by atoms with Crippen molar-refractivity contribution in [1.82, 2.24) is 9.97 Å². The average Bonchev–Trinajstić information content (AvgIpc) is 3.06. The molecule has 3 nitrogen and oxygen atoms in total. The summed E-state index contributed by atoms with van der Waals surface area (Å²) in [6.07, 6.45) is 0. The van der Waals surface area contributed by atoms with E-state index in [1.807, 2.05) is 19.9 Å². The Kier molecular flexibility index (Phi) is 6.95. The van der Waals surface area contributed by atoms with Crippen molar-refractivity contribution in [2.45, 2.75) is 70.4 Å². The maximum atomic E-state index is 9.99. The van der Waals surface area contributed by atoms with Crippen LogP contribution in [0.25, 0.3) is 10.4 Å². The van der Waals surface area contributed by atoms with E-state index in [0.29, 0.717) is 0 Å². The lowest BCUT2D eigenvalue weighted by atomic mass is 9.86. The molecule has 0 saturated heterocycles. The Labute approximate surface area is 194 Å². The number of nitrogens with zero attached hydrogens (tertiary/aromatic N) is 2. The molecule has 162 valence electrons. The summed E-state index contributed by atoms with van der Waals surface area (Å²) < 4.78 is 0. The van der Waals surface area contributed by atoms with Crippen LogP contribution in [-0.2, 0) is 11.2 Å². The van der Waals surface area contributed by atoms with Gasteiger partial charge in [-0.25, -0.2) is 9.97 Å². The molecule has 3 aromatic rings. The van der Waals surface area contributed by atoms with Gasteiger partial charge in [0.15, 0.2) is 5.16 Å². The second-order valence-corrected chi connectivity index (χ2v) is 11.3. The summed E-state index contributed by atoms with van der Waals surface area (Å²) in [6, 6.07) is 12.9. The summed E-state index contributed by atoms with van der Waals surface area (Å²) in [6.45, 7) is 14.1. The van der Waals surface area contributed by atoms with Crippen molar-refractivity contribution in [3.05, 3.63) is 63.8 Å². The van der Waals surface area contributed by atoms with Crippen molar-refractivity contribution in [2.75, 3.05) is 0 Å². The van der Waals surface area contributed by atoms with Crippen LogP contribution in [-0.4, -0.2) is 20.7 Å². The van der Waals surface area contributed by atoms with Crippen molar-refractivity contribution in [3.63, 3.8) is 0 Å². The lowest BCUT2D eigenvalue weighted by molar-refractivity contribution is 0.143. The monoisotopic (exact) mass is 450 g/mol. The highest BCUT2D eigenvalue weighted by molar-refractivity contribution is 7.98. The van der Waals surface area contributed by atoms with E-state index in [9.17, 15) is 5.11 Å². The van der Waals surface area contributed by atoms with Crippen LogP contribution in [0.2, 0.25) is 0 Å². The third-order valence-corrected chi connectivity index (χ3v) is 6.67. The molecule has 0 saturated carbocycles. The number of thiophene rings is 1. The third kappa shape index (κ3) is 6.67. The van der Waals surface area contributed by atoms with Gasteiger partial charge >= 0.3 is 0 Å². The largest absolute Gasteiger partial charge is 0.378 e. The van der Waals surface area contributed by atoms with Gasteiger partial charge in [0.2, 0.25) is 0 Å². The number of aryl methyl sites for hydroxylation is 2. The second kappa shape index (κ2) is 9.16. The van der Waals surface area contributed by atoms with Crippen molar-refractivity contribution in [3.8, 4) is 22.3 Å². The summed E-state index contributed by atoms with van der Waals surface area (Å²) in [4.78, 5) is 11.3. The van der Waals surface area contributed by atoms with Crippen molar-refractivity contribution in [2.24, 2.45) is 0 Å².